The van der Waals surface area contributed by atoms with E-state index < -0.39 is 0 Å². The van der Waals surface area contributed by atoms with Gasteiger partial charge in [-0.25, -0.2) is 0 Å². The van der Waals surface area contributed by atoms with E-state index in [0.717, 1.165) is 21.3 Å². The molecule has 2 aromatic rings. The van der Waals surface area contributed by atoms with Crippen LogP contribution in [0.5, 0.6) is 0 Å². The lowest BCUT2D eigenvalue weighted by molar-refractivity contribution is -0.122. The number of hydrogen-bond acceptors (Lipinski definition) is 4. The van der Waals surface area contributed by atoms with Gasteiger partial charge >= 0.3 is 0 Å². The third kappa shape index (κ3) is 4.14. The highest BCUT2D eigenvalue weighted by Crippen LogP contribution is 2.34. The van der Waals surface area contributed by atoms with E-state index in [9.17, 15) is 4.79 Å². The Labute approximate surface area is 165 Å². The third-order valence-corrected chi connectivity index (χ3v) is 5.82. The fraction of sp³-hybridized carbons (Fsp3) is 0.158. The number of hydrogen-bond donors (Lipinski definition) is 0. The molecule has 1 fully saturated rings. The van der Waals surface area contributed by atoms with Gasteiger partial charge in [0.15, 0.2) is 0 Å². The third-order valence-electron chi connectivity index (χ3n) is 3.81. The number of carbonyl (C=O) groups is 1. The Balaban J connectivity index is 1.82. The number of rotatable bonds is 4. The van der Waals surface area contributed by atoms with E-state index in [0.29, 0.717) is 15.8 Å². The van der Waals surface area contributed by atoms with E-state index in [1.807, 2.05) is 73.6 Å². The number of carbonyl (C=O) groups excluding carboxylic acids is 1. The maximum absolute atomic E-state index is 12.7. The zero-order chi connectivity index (χ0) is 18.0. The summed E-state index contributed by atoms with van der Waals surface area (Å²) in [5.41, 5.74) is 3.13. The van der Waals surface area contributed by atoms with Crippen molar-refractivity contribution in [1.29, 1.82) is 0 Å². The van der Waals surface area contributed by atoms with Gasteiger partial charge in [0, 0.05) is 18.6 Å². The van der Waals surface area contributed by atoms with Crippen molar-refractivity contribution < 1.29 is 4.79 Å². The van der Waals surface area contributed by atoms with Crippen LogP contribution < -0.4 is 4.90 Å². The van der Waals surface area contributed by atoms with Crippen LogP contribution in [-0.4, -0.2) is 29.2 Å². The van der Waals surface area contributed by atoms with Gasteiger partial charge in [-0.2, -0.15) is 0 Å². The van der Waals surface area contributed by atoms with Crippen molar-refractivity contribution in [1.82, 2.24) is 4.90 Å². The predicted molar refractivity (Wildman–Crippen MR) is 114 cm³/mol. The monoisotopic (exact) mass is 432 g/mol. The highest BCUT2D eigenvalue weighted by atomic mass is 79.9. The summed E-state index contributed by atoms with van der Waals surface area (Å²) in [4.78, 5) is 17.1. The Bertz CT molecular complexity index is 850. The van der Waals surface area contributed by atoms with Crippen LogP contribution in [0.1, 0.15) is 11.1 Å². The first-order valence-corrected chi connectivity index (χ1v) is 9.73. The van der Waals surface area contributed by atoms with Gasteiger partial charge in [0.25, 0.3) is 5.91 Å². The average molecular weight is 433 g/mol. The fourth-order valence-corrected chi connectivity index (χ4v) is 4.54. The molecule has 3 rings (SSSR count). The minimum atomic E-state index is -0.0355. The Morgan fingerprint density at radius 1 is 1.20 bits per heavy atom. The fourth-order valence-electron chi connectivity index (χ4n) is 2.53. The summed E-state index contributed by atoms with van der Waals surface area (Å²) in [5, 5.41) is 0. The number of anilines is 1. The standard InChI is InChI=1S/C19H17BrN2OS2/c1-21(2)16-9-8-14(10-15(16)20)11-17-18(23)22(19(24)25-17)12-13-6-4-3-5-7-13/h3-11H,12H2,1-2H3/b17-11-. The molecule has 0 radical (unpaired) electrons. The molecule has 128 valence electrons. The summed E-state index contributed by atoms with van der Waals surface area (Å²) in [7, 11) is 3.99. The van der Waals surface area contributed by atoms with Gasteiger partial charge in [-0.15, -0.1) is 0 Å². The molecule has 3 nitrogen and oxygen atoms in total. The summed E-state index contributed by atoms with van der Waals surface area (Å²) in [6.45, 7) is 0.506. The lowest BCUT2D eigenvalue weighted by Crippen LogP contribution is -2.27. The van der Waals surface area contributed by atoms with Crippen LogP contribution in [0.25, 0.3) is 6.08 Å². The molecule has 1 aliphatic rings. The van der Waals surface area contributed by atoms with Crippen molar-refractivity contribution in [3.05, 3.63) is 69.0 Å². The number of benzene rings is 2. The molecular weight excluding hydrogens is 416 g/mol. The number of thiocarbonyl (C=S) groups is 1. The van der Waals surface area contributed by atoms with E-state index >= 15 is 0 Å². The van der Waals surface area contributed by atoms with Crippen LogP contribution >= 0.6 is 39.9 Å². The first-order chi connectivity index (χ1) is 12.0. The van der Waals surface area contributed by atoms with Crippen LogP contribution in [0.3, 0.4) is 0 Å². The topological polar surface area (TPSA) is 23.6 Å². The van der Waals surface area contributed by atoms with Gasteiger partial charge in [0.1, 0.15) is 4.32 Å². The molecule has 0 saturated carbocycles. The van der Waals surface area contributed by atoms with Gasteiger partial charge < -0.3 is 4.90 Å². The van der Waals surface area contributed by atoms with Crippen LogP contribution in [0.2, 0.25) is 0 Å². The van der Waals surface area contributed by atoms with Crippen molar-refractivity contribution >= 4 is 61.9 Å². The molecule has 1 aliphatic heterocycles. The first kappa shape index (κ1) is 18.2. The molecule has 0 atom stereocenters. The van der Waals surface area contributed by atoms with Gasteiger partial charge in [0.2, 0.25) is 0 Å². The molecule has 25 heavy (non-hydrogen) atoms. The van der Waals surface area contributed by atoms with Crippen molar-refractivity contribution in [2.45, 2.75) is 6.54 Å². The largest absolute Gasteiger partial charge is 0.377 e. The lowest BCUT2D eigenvalue weighted by Gasteiger charge is -2.15. The second kappa shape index (κ2) is 7.72. The molecular formula is C19H17BrN2OS2. The molecule has 0 spiro atoms. The van der Waals surface area contributed by atoms with E-state index in [-0.39, 0.29) is 5.91 Å². The van der Waals surface area contributed by atoms with Gasteiger partial charge in [-0.1, -0.05) is 60.4 Å². The number of thioether (sulfide) groups is 1. The molecule has 0 unspecified atom stereocenters. The van der Waals surface area contributed by atoms with Crippen LogP contribution in [0.15, 0.2) is 57.9 Å². The van der Waals surface area contributed by atoms with Crippen LogP contribution in [0.4, 0.5) is 5.69 Å². The van der Waals surface area contributed by atoms with Gasteiger partial charge in [0.05, 0.1) is 17.1 Å². The smallest absolute Gasteiger partial charge is 0.266 e. The van der Waals surface area contributed by atoms with Gasteiger partial charge in [-0.05, 0) is 45.3 Å². The Hall–Kier alpha value is -1.63. The summed E-state index contributed by atoms with van der Waals surface area (Å²) in [6.07, 6.45) is 1.90. The highest BCUT2D eigenvalue weighted by molar-refractivity contribution is 9.10. The Morgan fingerprint density at radius 3 is 2.56 bits per heavy atom. The predicted octanol–water partition coefficient (Wildman–Crippen LogP) is 4.92. The first-order valence-electron chi connectivity index (χ1n) is 7.72. The summed E-state index contributed by atoms with van der Waals surface area (Å²) in [5.74, 6) is -0.0355. The molecule has 2 aromatic carbocycles. The quantitative estimate of drug-likeness (QED) is 0.505. The summed E-state index contributed by atoms with van der Waals surface area (Å²) < 4.78 is 1.59. The van der Waals surface area contributed by atoms with Crippen molar-refractivity contribution in [2.24, 2.45) is 0 Å². The number of nitrogens with zero attached hydrogens (tertiary/aromatic N) is 2. The molecule has 0 N–H and O–H groups in total. The molecule has 0 aliphatic carbocycles. The second-order valence-corrected chi connectivity index (χ2v) is 8.39. The zero-order valence-electron chi connectivity index (χ0n) is 13.9. The number of halogens is 1. The van der Waals surface area contributed by atoms with Crippen LogP contribution in [-0.2, 0) is 11.3 Å². The zero-order valence-corrected chi connectivity index (χ0v) is 17.1. The van der Waals surface area contributed by atoms with Crippen LogP contribution in [0, 0.1) is 0 Å². The molecule has 1 saturated heterocycles. The Morgan fingerprint density at radius 2 is 1.92 bits per heavy atom. The number of amides is 1. The molecule has 0 bridgehead atoms. The van der Waals surface area contributed by atoms with E-state index in [1.54, 1.807) is 4.90 Å². The summed E-state index contributed by atoms with van der Waals surface area (Å²) >= 11 is 10.3. The summed E-state index contributed by atoms with van der Waals surface area (Å²) in [6, 6.07) is 15.9. The Kier molecular flexibility index (Phi) is 5.61. The van der Waals surface area contributed by atoms with E-state index in [2.05, 4.69) is 15.9 Å². The second-order valence-electron chi connectivity index (χ2n) is 5.86. The minimum Gasteiger partial charge on any atom is -0.377 e. The molecule has 0 aromatic heterocycles. The molecule has 6 heteroatoms. The lowest BCUT2D eigenvalue weighted by atomic mass is 10.1. The minimum absolute atomic E-state index is 0.0355. The highest BCUT2D eigenvalue weighted by Gasteiger charge is 2.31. The molecule has 1 amide bonds. The molecule has 1 heterocycles. The maximum Gasteiger partial charge on any atom is 0.266 e. The van der Waals surface area contributed by atoms with Crippen molar-refractivity contribution in [2.75, 3.05) is 19.0 Å². The normalized spacial score (nSPS) is 16.0. The maximum atomic E-state index is 12.7. The van der Waals surface area contributed by atoms with Crippen molar-refractivity contribution in [3.8, 4) is 0 Å². The SMILES string of the molecule is CN(C)c1ccc(/C=C2\SC(=S)N(Cc3ccccc3)C2=O)cc1Br. The van der Waals surface area contributed by atoms with E-state index in [1.165, 1.54) is 11.8 Å². The van der Waals surface area contributed by atoms with Crippen molar-refractivity contribution in [3.63, 3.8) is 0 Å². The average Bonchev–Trinajstić information content (AvgIpc) is 2.83. The van der Waals surface area contributed by atoms with E-state index in [4.69, 9.17) is 12.2 Å². The van der Waals surface area contributed by atoms with Gasteiger partial charge in [-0.3, -0.25) is 9.69 Å².